The van der Waals surface area contributed by atoms with E-state index in [9.17, 15) is 19.1 Å². The number of nitrogens with zero attached hydrogens (tertiary/aromatic N) is 1. The lowest BCUT2D eigenvalue weighted by molar-refractivity contribution is -0.136. The summed E-state index contributed by atoms with van der Waals surface area (Å²) < 4.78 is 20.7. The van der Waals surface area contributed by atoms with Gasteiger partial charge in [0.1, 0.15) is 0 Å². The van der Waals surface area contributed by atoms with Crippen molar-refractivity contribution in [2.24, 2.45) is 0 Å². The van der Waals surface area contributed by atoms with Gasteiger partial charge in [-0.15, -0.1) is 11.3 Å². The van der Waals surface area contributed by atoms with Gasteiger partial charge in [0.15, 0.2) is 11.6 Å². The van der Waals surface area contributed by atoms with Crippen LogP contribution in [0, 0.1) is 0 Å². The highest BCUT2D eigenvalue weighted by Crippen LogP contribution is 2.44. The number of carbonyl (C=O) groups excluding carboxylic acids is 1. The maximum absolute atomic E-state index is 14.8. The number of hydrogen-bond donors (Lipinski definition) is 1. The predicted octanol–water partition coefficient (Wildman–Crippen LogP) is 4.24. The van der Waals surface area contributed by atoms with E-state index in [0.717, 1.165) is 3.79 Å². The summed E-state index contributed by atoms with van der Waals surface area (Å²) in [5.41, 5.74) is 1.04. The standard InChI is InChI=1S/C17H15BrFNO4S/c1-8-9(7-14(21)22)15-10(3-4-11(24-2)16(15)19)20(8)17(23)12-5-6-13(18)25-12/h4-6,10H,3,7H2,1-2H3,(H,21,22). The van der Waals surface area contributed by atoms with Gasteiger partial charge in [0.25, 0.3) is 5.91 Å². The summed E-state index contributed by atoms with van der Waals surface area (Å²) in [6.07, 6.45) is 1.61. The number of rotatable bonds is 4. The number of hydrogen-bond acceptors (Lipinski definition) is 4. The first-order valence-corrected chi connectivity index (χ1v) is 9.11. The number of carbonyl (C=O) groups is 2. The van der Waals surface area contributed by atoms with E-state index < -0.39 is 17.8 Å². The zero-order valence-electron chi connectivity index (χ0n) is 13.5. The first kappa shape index (κ1) is 17.9. The van der Waals surface area contributed by atoms with Crippen LogP contribution in [0.2, 0.25) is 0 Å². The third-order valence-corrected chi connectivity index (χ3v) is 5.91. The molecular weight excluding hydrogens is 413 g/mol. The Labute approximate surface area is 156 Å². The molecule has 1 unspecified atom stereocenters. The van der Waals surface area contributed by atoms with Crippen molar-refractivity contribution in [1.29, 1.82) is 0 Å². The number of halogens is 2. The van der Waals surface area contributed by atoms with Crippen LogP contribution >= 0.6 is 27.3 Å². The summed E-state index contributed by atoms with van der Waals surface area (Å²) >= 11 is 4.61. The summed E-state index contributed by atoms with van der Waals surface area (Å²) in [6, 6.07) is 2.91. The lowest BCUT2D eigenvalue weighted by atomic mass is 9.92. The third kappa shape index (κ3) is 3.04. The average Bonchev–Trinajstić information content (AvgIpc) is 3.10. The van der Waals surface area contributed by atoms with Crippen LogP contribution < -0.4 is 0 Å². The molecule has 25 heavy (non-hydrogen) atoms. The van der Waals surface area contributed by atoms with E-state index in [4.69, 9.17) is 4.74 Å². The Morgan fingerprint density at radius 1 is 1.48 bits per heavy atom. The zero-order chi connectivity index (χ0) is 18.3. The van der Waals surface area contributed by atoms with Gasteiger partial charge in [-0.1, -0.05) is 0 Å². The smallest absolute Gasteiger partial charge is 0.307 e. The Morgan fingerprint density at radius 2 is 2.20 bits per heavy atom. The second-order valence-electron chi connectivity index (χ2n) is 5.67. The molecule has 0 fully saturated rings. The van der Waals surface area contributed by atoms with Crippen LogP contribution in [0.15, 0.2) is 50.4 Å². The van der Waals surface area contributed by atoms with Crippen LogP contribution in [0.5, 0.6) is 0 Å². The van der Waals surface area contributed by atoms with Crippen LogP contribution in [0.25, 0.3) is 0 Å². The molecule has 132 valence electrons. The number of aliphatic carboxylic acids is 1. The van der Waals surface area contributed by atoms with Gasteiger partial charge in [0, 0.05) is 11.3 Å². The largest absolute Gasteiger partial charge is 0.494 e. The van der Waals surface area contributed by atoms with E-state index in [1.54, 1.807) is 25.1 Å². The van der Waals surface area contributed by atoms with Gasteiger partial charge in [-0.25, -0.2) is 4.39 Å². The minimum atomic E-state index is -1.07. The van der Waals surface area contributed by atoms with Crippen molar-refractivity contribution in [2.75, 3.05) is 7.11 Å². The highest BCUT2D eigenvalue weighted by atomic mass is 79.9. The summed E-state index contributed by atoms with van der Waals surface area (Å²) in [5.74, 6) is -1.86. The lowest BCUT2D eigenvalue weighted by Gasteiger charge is -2.28. The molecule has 0 aromatic carbocycles. The fourth-order valence-electron chi connectivity index (χ4n) is 3.24. The Balaban J connectivity index is 2.09. The first-order chi connectivity index (χ1) is 11.8. The average molecular weight is 428 g/mol. The maximum atomic E-state index is 14.8. The molecule has 1 aliphatic heterocycles. The van der Waals surface area contributed by atoms with Crippen molar-refractivity contribution in [3.8, 4) is 0 Å². The monoisotopic (exact) mass is 427 g/mol. The van der Waals surface area contributed by atoms with Gasteiger partial charge in [0.2, 0.25) is 0 Å². The van der Waals surface area contributed by atoms with Crippen molar-refractivity contribution >= 4 is 39.1 Å². The van der Waals surface area contributed by atoms with E-state index in [2.05, 4.69) is 15.9 Å². The number of amides is 1. The number of fused-ring (bicyclic) bond motifs is 1. The van der Waals surface area contributed by atoms with Crippen LogP contribution in [0.4, 0.5) is 4.39 Å². The summed E-state index contributed by atoms with van der Waals surface area (Å²) in [7, 11) is 1.36. The zero-order valence-corrected chi connectivity index (χ0v) is 15.9. The second kappa shape index (κ2) is 6.76. The molecule has 1 N–H and O–H groups in total. The highest BCUT2D eigenvalue weighted by molar-refractivity contribution is 9.11. The fraction of sp³-hybridized carbons (Fsp3) is 0.294. The molecule has 1 aromatic rings. The van der Waals surface area contributed by atoms with Gasteiger partial charge >= 0.3 is 5.97 Å². The Hall–Kier alpha value is -1.93. The minimum absolute atomic E-state index is 0.0788. The molecular formula is C17H15BrFNO4S. The SMILES string of the molecule is COC1=CCC2C(=C1F)C(CC(=O)O)=C(C)N2C(=O)c1ccc(Br)s1. The van der Waals surface area contributed by atoms with Gasteiger partial charge in [0.05, 0.1) is 28.2 Å². The molecule has 1 aromatic heterocycles. The first-order valence-electron chi connectivity index (χ1n) is 7.50. The van der Waals surface area contributed by atoms with Gasteiger partial charge in [-0.2, -0.15) is 0 Å². The molecule has 8 heteroatoms. The molecule has 1 amide bonds. The molecule has 0 saturated heterocycles. The molecule has 1 aliphatic carbocycles. The number of allylic oxidation sites excluding steroid dienone is 2. The molecule has 0 saturated carbocycles. The third-order valence-electron chi connectivity index (χ3n) is 4.30. The summed E-state index contributed by atoms with van der Waals surface area (Å²) in [5, 5.41) is 9.20. The predicted molar refractivity (Wildman–Crippen MR) is 94.8 cm³/mol. The van der Waals surface area contributed by atoms with E-state index in [0.29, 0.717) is 22.6 Å². The second-order valence-corrected chi connectivity index (χ2v) is 8.13. The van der Waals surface area contributed by atoms with E-state index in [1.807, 2.05) is 0 Å². The fourth-order valence-corrected chi connectivity index (χ4v) is 4.56. The molecule has 2 aliphatic rings. The van der Waals surface area contributed by atoms with Crippen molar-refractivity contribution in [3.05, 3.63) is 55.3 Å². The number of ether oxygens (including phenoxy) is 1. The van der Waals surface area contributed by atoms with Crippen LogP contribution in [-0.2, 0) is 9.53 Å². The van der Waals surface area contributed by atoms with Gasteiger partial charge in [-0.05, 0) is 53.1 Å². The summed E-state index contributed by atoms with van der Waals surface area (Å²) in [6.45, 7) is 1.66. The minimum Gasteiger partial charge on any atom is -0.494 e. The summed E-state index contributed by atoms with van der Waals surface area (Å²) in [4.78, 5) is 26.2. The van der Waals surface area contributed by atoms with E-state index in [-0.39, 0.29) is 23.7 Å². The number of methoxy groups -OCH3 is 1. The Morgan fingerprint density at radius 3 is 2.76 bits per heavy atom. The lowest BCUT2D eigenvalue weighted by Crippen LogP contribution is -2.36. The Bertz CT molecular complexity index is 855. The number of thiophene rings is 1. The molecule has 2 heterocycles. The van der Waals surface area contributed by atoms with Crippen molar-refractivity contribution < 1.29 is 23.8 Å². The van der Waals surface area contributed by atoms with E-state index in [1.165, 1.54) is 23.3 Å². The quantitative estimate of drug-likeness (QED) is 0.779. The molecule has 0 radical (unpaired) electrons. The van der Waals surface area contributed by atoms with E-state index >= 15 is 0 Å². The highest BCUT2D eigenvalue weighted by Gasteiger charge is 2.43. The molecule has 3 rings (SSSR count). The van der Waals surface area contributed by atoms with Crippen molar-refractivity contribution in [1.82, 2.24) is 4.90 Å². The molecule has 0 bridgehead atoms. The molecule has 5 nitrogen and oxygen atoms in total. The molecule has 1 atom stereocenters. The van der Waals surface area contributed by atoms with Crippen LogP contribution in [-0.4, -0.2) is 35.0 Å². The number of carboxylic acid groups (broad SMARTS) is 1. The molecule has 0 spiro atoms. The van der Waals surface area contributed by atoms with Crippen LogP contribution in [0.1, 0.15) is 29.4 Å². The number of carboxylic acids is 1. The normalized spacial score (nSPS) is 19.9. The van der Waals surface area contributed by atoms with Crippen molar-refractivity contribution in [2.45, 2.75) is 25.8 Å². The topological polar surface area (TPSA) is 66.8 Å². The maximum Gasteiger partial charge on any atom is 0.307 e. The van der Waals surface area contributed by atoms with Gasteiger partial charge < -0.3 is 14.7 Å². The Kier molecular flexibility index (Phi) is 4.83. The van der Waals surface area contributed by atoms with Gasteiger partial charge in [-0.3, -0.25) is 9.59 Å². The van der Waals surface area contributed by atoms with Crippen molar-refractivity contribution in [3.63, 3.8) is 0 Å². The van der Waals surface area contributed by atoms with Crippen LogP contribution in [0.3, 0.4) is 0 Å².